The Balaban J connectivity index is 1.67. The van der Waals surface area contributed by atoms with Crippen molar-refractivity contribution >= 4 is 37.0 Å². The Morgan fingerprint density at radius 1 is 1.43 bits per heavy atom. The molecule has 1 N–H and O–H groups in total. The van der Waals surface area contributed by atoms with E-state index in [9.17, 15) is 13.2 Å². The first-order valence-corrected chi connectivity index (χ1v) is 10.1. The molecule has 2 heterocycles. The van der Waals surface area contributed by atoms with Crippen LogP contribution in [0.15, 0.2) is 9.59 Å². The highest BCUT2D eigenvalue weighted by Crippen LogP contribution is 2.31. The van der Waals surface area contributed by atoms with Gasteiger partial charge in [0.1, 0.15) is 4.21 Å². The van der Waals surface area contributed by atoms with E-state index in [-0.39, 0.29) is 16.2 Å². The van der Waals surface area contributed by atoms with Gasteiger partial charge >= 0.3 is 0 Å². The second kappa shape index (κ2) is 5.53. The van der Waals surface area contributed by atoms with Gasteiger partial charge in [-0.05, 0) is 31.7 Å². The minimum Gasteiger partial charge on any atom is -0.348 e. The van der Waals surface area contributed by atoms with Gasteiger partial charge < -0.3 is 5.32 Å². The Bertz CT molecular complexity index is 667. The van der Waals surface area contributed by atoms with E-state index in [4.69, 9.17) is 10.7 Å². The summed E-state index contributed by atoms with van der Waals surface area (Å²) in [5, 5.41) is 4.56. The van der Waals surface area contributed by atoms with Crippen LogP contribution in [-0.4, -0.2) is 44.4 Å². The van der Waals surface area contributed by atoms with Crippen LogP contribution in [0.25, 0.3) is 0 Å². The second-order valence-corrected chi connectivity index (χ2v) is 9.33. The number of hydrogen-bond donors (Lipinski definition) is 1. The molecule has 1 amide bonds. The normalized spacial score (nSPS) is 23.4. The first-order valence-electron chi connectivity index (χ1n) is 6.94. The van der Waals surface area contributed by atoms with E-state index in [1.54, 1.807) is 12.3 Å². The zero-order chi connectivity index (χ0) is 15.2. The molecule has 1 saturated heterocycles. The predicted octanol–water partition coefficient (Wildman–Crippen LogP) is 1.95. The third-order valence-electron chi connectivity index (χ3n) is 4.08. The van der Waals surface area contributed by atoms with Gasteiger partial charge in [-0.1, -0.05) is 0 Å². The quantitative estimate of drug-likeness (QED) is 0.844. The third-order valence-corrected chi connectivity index (χ3v) is 7.39. The Morgan fingerprint density at radius 2 is 2.14 bits per heavy atom. The molecule has 1 aromatic rings. The van der Waals surface area contributed by atoms with Crippen molar-refractivity contribution in [3.63, 3.8) is 0 Å². The standard InChI is InChI=1S/C13H17ClN2O3S2/c1-8-11(7-20-13(8)21(14,18)19)12(17)15-9-4-5-16(6-9)10-2-3-10/h7,9-10H,2-6H2,1H3,(H,15,17). The van der Waals surface area contributed by atoms with E-state index in [0.29, 0.717) is 17.2 Å². The van der Waals surface area contributed by atoms with Crippen LogP contribution in [0.1, 0.15) is 35.2 Å². The van der Waals surface area contributed by atoms with Crippen LogP contribution < -0.4 is 5.32 Å². The number of nitrogens with zero attached hydrogens (tertiary/aromatic N) is 1. The highest BCUT2D eigenvalue weighted by atomic mass is 35.7. The molecule has 0 radical (unpaired) electrons. The SMILES string of the molecule is Cc1c(C(=O)NC2CCN(C3CC3)C2)csc1S(=O)(=O)Cl. The lowest BCUT2D eigenvalue weighted by Crippen LogP contribution is -2.37. The van der Waals surface area contributed by atoms with Gasteiger partial charge in [-0.25, -0.2) is 8.42 Å². The maximum absolute atomic E-state index is 12.3. The molecule has 2 aliphatic rings. The summed E-state index contributed by atoms with van der Waals surface area (Å²) in [5.74, 6) is -0.210. The molecule has 1 unspecified atom stereocenters. The topological polar surface area (TPSA) is 66.5 Å². The van der Waals surface area contributed by atoms with Crippen molar-refractivity contribution in [1.82, 2.24) is 10.2 Å². The number of likely N-dealkylation sites (tertiary alicyclic amines) is 1. The average molecular weight is 349 g/mol. The molecular weight excluding hydrogens is 332 g/mol. The lowest BCUT2D eigenvalue weighted by molar-refractivity contribution is 0.0937. The molecule has 1 aliphatic carbocycles. The molecule has 1 aromatic heterocycles. The fourth-order valence-corrected chi connectivity index (χ4v) is 5.35. The molecule has 0 bridgehead atoms. The van der Waals surface area contributed by atoms with E-state index in [0.717, 1.165) is 30.8 Å². The average Bonchev–Trinajstić information content (AvgIpc) is 3.00. The van der Waals surface area contributed by atoms with Crippen LogP contribution in [0, 0.1) is 6.92 Å². The molecule has 1 aliphatic heterocycles. The number of rotatable bonds is 4. The van der Waals surface area contributed by atoms with Crippen molar-refractivity contribution in [2.45, 2.75) is 42.5 Å². The van der Waals surface area contributed by atoms with Crippen LogP contribution >= 0.6 is 22.0 Å². The minimum absolute atomic E-state index is 0.0559. The van der Waals surface area contributed by atoms with Gasteiger partial charge in [0.05, 0.1) is 5.56 Å². The van der Waals surface area contributed by atoms with Crippen molar-refractivity contribution in [3.05, 3.63) is 16.5 Å². The third kappa shape index (κ3) is 3.26. The molecule has 3 rings (SSSR count). The molecular formula is C13H17ClN2O3S2. The van der Waals surface area contributed by atoms with Crippen molar-refractivity contribution in [1.29, 1.82) is 0 Å². The molecule has 1 atom stereocenters. The van der Waals surface area contributed by atoms with Gasteiger partial charge in [0.15, 0.2) is 0 Å². The Hall–Kier alpha value is -0.630. The van der Waals surface area contributed by atoms with E-state index in [2.05, 4.69) is 10.2 Å². The van der Waals surface area contributed by atoms with Gasteiger partial charge in [-0.3, -0.25) is 9.69 Å². The summed E-state index contributed by atoms with van der Waals surface area (Å²) >= 11 is 0.994. The molecule has 0 aromatic carbocycles. The van der Waals surface area contributed by atoms with Crippen molar-refractivity contribution in [2.24, 2.45) is 0 Å². The number of amides is 1. The smallest absolute Gasteiger partial charge is 0.271 e. The molecule has 1 saturated carbocycles. The number of thiophene rings is 1. The van der Waals surface area contributed by atoms with Crippen molar-refractivity contribution < 1.29 is 13.2 Å². The minimum atomic E-state index is -3.78. The van der Waals surface area contributed by atoms with Crippen LogP contribution in [0.4, 0.5) is 0 Å². The molecule has 21 heavy (non-hydrogen) atoms. The summed E-state index contributed by atoms with van der Waals surface area (Å²) in [6.07, 6.45) is 3.48. The van der Waals surface area contributed by atoms with Gasteiger partial charge in [-0.2, -0.15) is 0 Å². The van der Waals surface area contributed by atoms with E-state index in [1.807, 2.05) is 0 Å². The first kappa shape index (κ1) is 15.3. The maximum atomic E-state index is 12.3. The van der Waals surface area contributed by atoms with E-state index < -0.39 is 9.05 Å². The highest BCUT2D eigenvalue weighted by molar-refractivity contribution is 8.15. The predicted molar refractivity (Wildman–Crippen MR) is 82.6 cm³/mol. The van der Waals surface area contributed by atoms with Crippen molar-refractivity contribution in [2.75, 3.05) is 13.1 Å². The van der Waals surface area contributed by atoms with E-state index in [1.165, 1.54) is 12.8 Å². The zero-order valence-electron chi connectivity index (χ0n) is 11.6. The van der Waals surface area contributed by atoms with Crippen LogP contribution in [-0.2, 0) is 9.05 Å². The summed E-state index contributed by atoms with van der Waals surface area (Å²) in [4.78, 5) is 14.7. The molecule has 0 spiro atoms. The van der Waals surface area contributed by atoms with Gasteiger partial charge in [0, 0.05) is 41.2 Å². The van der Waals surface area contributed by atoms with Crippen molar-refractivity contribution in [3.8, 4) is 0 Å². The van der Waals surface area contributed by atoms with Crippen LogP contribution in [0.5, 0.6) is 0 Å². The number of hydrogen-bond acceptors (Lipinski definition) is 5. The fraction of sp³-hybridized carbons (Fsp3) is 0.615. The molecule has 8 heteroatoms. The fourth-order valence-electron chi connectivity index (χ4n) is 2.80. The Kier molecular flexibility index (Phi) is 4.02. The number of carbonyl (C=O) groups is 1. The maximum Gasteiger partial charge on any atom is 0.271 e. The van der Waals surface area contributed by atoms with Gasteiger partial charge in [0.2, 0.25) is 0 Å². The van der Waals surface area contributed by atoms with E-state index >= 15 is 0 Å². The van der Waals surface area contributed by atoms with Crippen LogP contribution in [0.3, 0.4) is 0 Å². The second-order valence-electron chi connectivity index (χ2n) is 5.68. The summed E-state index contributed by atoms with van der Waals surface area (Å²) in [6, 6.07) is 0.858. The van der Waals surface area contributed by atoms with Gasteiger partial charge in [0.25, 0.3) is 15.0 Å². The molecule has 5 nitrogen and oxygen atoms in total. The summed E-state index contributed by atoms with van der Waals surface area (Å²) in [5.41, 5.74) is 0.841. The lowest BCUT2D eigenvalue weighted by atomic mass is 10.2. The van der Waals surface area contributed by atoms with Crippen LogP contribution in [0.2, 0.25) is 0 Å². The zero-order valence-corrected chi connectivity index (χ0v) is 14.0. The summed E-state index contributed by atoms with van der Waals surface area (Å²) in [6.45, 7) is 3.53. The number of carbonyl (C=O) groups excluding carboxylic acids is 1. The Labute approximate surface area is 132 Å². The molecule has 2 fully saturated rings. The summed E-state index contributed by atoms with van der Waals surface area (Å²) < 4.78 is 22.8. The van der Waals surface area contributed by atoms with Gasteiger partial charge in [-0.15, -0.1) is 11.3 Å². The summed E-state index contributed by atoms with van der Waals surface area (Å²) in [7, 11) is 1.57. The first-order chi connectivity index (χ1) is 9.86. The Morgan fingerprint density at radius 3 is 2.71 bits per heavy atom. The monoisotopic (exact) mass is 348 g/mol. The number of nitrogens with one attached hydrogen (secondary N) is 1. The highest BCUT2D eigenvalue weighted by Gasteiger charge is 2.35. The largest absolute Gasteiger partial charge is 0.348 e. The number of halogens is 1. The lowest BCUT2D eigenvalue weighted by Gasteiger charge is -2.15. The molecule has 116 valence electrons.